The summed E-state index contributed by atoms with van der Waals surface area (Å²) >= 11 is 7.38. The minimum absolute atomic E-state index is 0.00758. The van der Waals surface area contributed by atoms with Gasteiger partial charge in [-0.2, -0.15) is 0 Å². The van der Waals surface area contributed by atoms with Crippen LogP contribution in [-0.2, 0) is 21.4 Å². The maximum absolute atomic E-state index is 12.3. The number of imidazole rings is 1. The molecule has 0 radical (unpaired) electrons. The molecule has 0 spiro atoms. The van der Waals surface area contributed by atoms with Crippen LogP contribution in [0.3, 0.4) is 0 Å². The molecule has 0 fully saturated rings. The molecule has 3 rings (SSSR count). The van der Waals surface area contributed by atoms with Crippen LogP contribution in [0.15, 0.2) is 52.5 Å². The number of nitrogens with one attached hydrogen (secondary N) is 1. The van der Waals surface area contributed by atoms with Gasteiger partial charge in [0.05, 0.1) is 21.7 Å². The monoisotopic (exact) mass is 438 g/mol. The molecule has 0 saturated carbocycles. The van der Waals surface area contributed by atoms with Crippen molar-refractivity contribution < 1.29 is 13.2 Å². The van der Waals surface area contributed by atoms with Crippen LogP contribution in [0.5, 0.6) is 0 Å². The van der Waals surface area contributed by atoms with Crippen LogP contribution in [0.2, 0.25) is 5.02 Å². The highest BCUT2D eigenvalue weighted by molar-refractivity contribution is 7.99. The van der Waals surface area contributed by atoms with Crippen molar-refractivity contribution in [3.8, 4) is 0 Å². The first kappa shape index (κ1) is 20.7. The van der Waals surface area contributed by atoms with E-state index < -0.39 is 10.0 Å². The molecule has 0 aliphatic carbocycles. The summed E-state index contributed by atoms with van der Waals surface area (Å²) in [5, 5.41) is 9.16. The fourth-order valence-corrected chi connectivity index (χ4v) is 4.21. The lowest BCUT2D eigenvalue weighted by Crippen LogP contribution is -2.15. The second kappa shape index (κ2) is 8.52. The average molecular weight is 439 g/mol. The summed E-state index contributed by atoms with van der Waals surface area (Å²) in [4.78, 5) is 16.9. The van der Waals surface area contributed by atoms with Crippen LogP contribution in [0.1, 0.15) is 13.3 Å². The molecule has 1 heterocycles. The highest BCUT2D eigenvalue weighted by Gasteiger charge is 2.14. The Labute approximate surface area is 172 Å². The van der Waals surface area contributed by atoms with Crippen molar-refractivity contribution in [2.75, 3.05) is 11.1 Å². The van der Waals surface area contributed by atoms with Crippen LogP contribution >= 0.6 is 23.4 Å². The number of nitrogens with zero attached hydrogens (tertiary/aromatic N) is 2. The molecule has 10 heteroatoms. The number of aromatic nitrogens is 2. The number of thioether (sulfide) groups is 1. The molecule has 2 aromatic carbocycles. The maximum atomic E-state index is 12.3. The van der Waals surface area contributed by atoms with Crippen LogP contribution in [0, 0.1) is 0 Å². The predicted octanol–water partition coefficient (Wildman–Crippen LogP) is 3.48. The third kappa shape index (κ3) is 4.85. The van der Waals surface area contributed by atoms with Crippen LogP contribution in [-0.4, -0.2) is 29.6 Å². The second-order valence-electron chi connectivity index (χ2n) is 6.09. The smallest absolute Gasteiger partial charge is 0.238 e. The molecule has 3 N–H and O–H groups in total. The van der Waals surface area contributed by atoms with Gasteiger partial charge in [0.2, 0.25) is 15.9 Å². The number of aryl methyl sites for hydroxylation is 1. The molecule has 1 amide bonds. The Morgan fingerprint density at radius 1 is 1.25 bits per heavy atom. The fourth-order valence-electron chi connectivity index (χ4n) is 2.69. The molecule has 7 nitrogen and oxygen atoms in total. The Hall–Kier alpha value is -2.07. The van der Waals surface area contributed by atoms with Gasteiger partial charge in [-0.05, 0) is 48.9 Å². The molecule has 0 aliphatic heterocycles. The Morgan fingerprint density at radius 3 is 2.61 bits per heavy atom. The van der Waals surface area contributed by atoms with Crippen molar-refractivity contribution in [2.45, 2.75) is 29.9 Å². The Morgan fingerprint density at radius 2 is 1.96 bits per heavy atom. The van der Waals surface area contributed by atoms with Gasteiger partial charge in [-0.25, -0.2) is 18.5 Å². The van der Waals surface area contributed by atoms with Gasteiger partial charge >= 0.3 is 0 Å². The number of carbonyl (C=O) groups excluding carboxylic acids is 1. The number of anilines is 1. The molecule has 1 aromatic heterocycles. The lowest BCUT2D eigenvalue weighted by molar-refractivity contribution is -0.113. The molecular weight excluding hydrogens is 420 g/mol. The van der Waals surface area contributed by atoms with Crippen molar-refractivity contribution >= 4 is 56.0 Å². The summed E-state index contributed by atoms with van der Waals surface area (Å²) < 4.78 is 24.6. The molecule has 0 unspecified atom stereocenters. The fraction of sp³-hybridized carbons (Fsp3) is 0.222. The molecule has 148 valence electrons. The van der Waals surface area contributed by atoms with Gasteiger partial charge in [-0.1, -0.05) is 30.3 Å². The van der Waals surface area contributed by atoms with E-state index in [0.717, 1.165) is 29.2 Å². The largest absolute Gasteiger partial charge is 0.325 e. The topological polar surface area (TPSA) is 107 Å². The minimum atomic E-state index is -3.76. The van der Waals surface area contributed by atoms with Crippen molar-refractivity contribution in [2.24, 2.45) is 5.14 Å². The van der Waals surface area contributed by atoms with E-state index in [1.165, 1.54) is 36.0 Å². The van der Waals surface area contributed by atoms with Gasteiger partial charge in [0.15, 0.2) is 5.16 Å². The normalized spacial score (nSPS) is 11.7. The van der Waals surface area contributed by atoms with Gasteiger partial charge in [-0.3, -0.25) is 4.79 Å². The SMILES string of the molecule is CCCn1c(SCC(=O)Nc2ccc(S(N)(=O)=O)cc2)nc2cc(Cl)ccc21. The zero-order valence-corrected chi connectivity index (χ0v) is 17.4. The van der Waals surface area contributed by atoms with E-state index in [-0.39, 0.29) is 16.6 Å². The summed E-state index contributed by atoms with van der Waals surface area (Å²) in [5.74, 6) is -0.0564. The van der Waals surface area contributed by atoms with Gasteiger partial charge in [0, 0.05) is 17.3 Å². The molecule has 0 saturated heterocycles. The molecule has 0 atom stereocenters. The number of sulfonamides is 1. The zero-order chi connectivity index (χ0) is 20.3. The van der Waals surface area contributed by atoms with Gasteiger partial charge in [-0.15, -0.1) is 0 Å². The van der Waals surface area contributed by atoms with E-state index in [1.807, 2.05) is 12.1 Å². The van der Waals surface area contributed by atoms with E-state index in [4.69, 9.17) is 16.7 Å². The van der Waals surface area contributed by atoms with E-state index in [0.29, 0.717) is 10.7 Å². The van der Waals surface area contributed by atoms with E-state index in [1.54, 1.807) is 6.07 Å². The highest BCUT2D eigenvalue weighted by Crippen LogP contribution is 2.26. The van der Waals surface area contributed by atoms with Crippen LogP contribution in [0.4, 0.5) is 5.69 Å². The molecule has 0 bridgehead atoms. The third-order valence-electron chi connectivity index (χ3n) is 3.92. The lowest BCUT2D eigenvalue weighted by Gasteiger charge is -2.08. The number of rotatable bonds is 7. The molecular formula is C18H19ClN4O3S2. The quantitative estimate of drug-likeness (QED) is 0.549. The van der Waals surface area contributed by atoms with E-state index in [2.05, 4.69) is 21.8 Å². The lowest BCUT2D eigenvalue weighted by atomic mass is 10.3. The zero-order valence-electron chi connectivity index (χ0n) is 15.1. The number of benzene rings is 2. The number of hydrogen-bond acceptors (Lipinski definition) is 5. The summed E-state index contributed by atoms with van der Waals surface area (Å²) in [6.07, 6.45) is 0.935. The van der Waals surface area contributed by atoms with Gasteiger partial charge in [0.25, 0.3) is 0 Å². The Kier molecular flexibility index (Phi) is 6.29. The number of carbonyl (C=O) groups is 1. The number of nitrogens with two attached hydrogens (primary N) is 1. The van der Waals surface area contributed by atoms with Crippen molar-refractivity contribution in [3.05, 3.63) is 47.5 Å². The minimum Gasteiger partial charge on any atom is -0.325 e. The Bertz CT molecular complexity index is 1110. The highest BCUT2D eigenvalue weighted by atomic mass is 35.5. The van der Waals surface area contributed by atoms with Crippen molar-refractivity contribution in [1.29, 1.82) is 0 Å². The van der Waals surface area contributed by atoms with E-state index in [9.17, 15) is 13.2 Å². The first-order chi connectivity index (χ1) is 13.3. The van der Waals surface area contributed by atoms with Crippen LogP contribution in [0.25, 0.3) is 11.0 Å². The second-order valence-corrected chi connectivity index (χ2v) is 9.03. The number of halogens is 1. The van der Waals surface area contributed by atoms with Crippen molar-refractivity contribution in [1.82, 2.24) is 9.55 Å². The first-order valence-corrected chi connectivity index (χ1v) is 11.4. The summed E-state index contributed by atoms with van der Waals surface area (Å²) in [7, 11) is -3.76. The molecule has 3 aromatic rings. The summed E-state index contributed by atoms with van der Waals surface area (Å²) in [6.45, 7) is 2.87. The standard InChI is InChI=1S/C18H19ClN4O3S2/c1-2-9-23-16-8-3-12(19)10-15(16)22-18(23)27-11-17(24)21-13-4-6-14(7-5-13)28(20,25)26/h3-8,10H,2,9,11H2,1H3,(H,21,24)(H2,20,25,26). The number of amides is 1. The Balaban J connectivity index is 1.69. The van der Waals surface area contributed by atoms with E-state index >= 15 is 0 Å². The van der Waals surface area contributed by atoms with Crippen LogP contribution < -0.4 is 10.5 Å². The molecule has 28 heavy (non-hydrogen) atoms. The third-order valence-corrected chi connectivity index (χ3v) is 6.06. The number of fused-ring (bicyclic) bond motifs is 1. The molecule has 0 aliphatic rings. The van der Waals surface area contributed by atoms with Gasteiger partial charge in [0.1, 0.15) is 0 Å². The number of hydrogen-bond donors (Lipinski definition) is 2. The predicted molar refractivity (Wildman–Crippen MR) is 112 cm³/mol. The average Bonchev–Trinajstić information content (AvgIpc) is 2.97. The number of primary sulfonamides is 1. The van der Waals surface area contributed by atoms with Gasteiger partial charge < -0.3 is 9.88 Å². The maximum Gasteiger partial charge on any atom is 0.238 e. The summed E-state index contributed by atoms with van der Waals surface area (Å²) in [6, 6.07) is 11.3. The summed E-state index contributed by atoms with van der Waals surface area (Å²) in [5.41, 5.74) is 2.27. The van der Waals surface area contributed by atoms with Crippen molar-refractivity contribution in [3.63, 3.8) is 0 Å². The first-order valence-electron chi connectivity index (χ1n) is 8.49.